The number of esters is 1. The van der Waals surface area contributed by atoms with E-state index in [0.717, 1.165) is 0 Å². The molecule has 198 valence electrons. The summed E-state index contributed by atoms with van der Waals surface area (Å²) in [6.07, 6.45) is -0.810. The molecule has 2 amide bonds. The first-order valence-electron chi connectivity index (χ1n) is 11.7. The minimum absolute atomic E-state index is 0.0759. The third-order valence-electron chi connectivity index (χ3n) is 6.64. The number of likely N-dealkylation sites (tertiary alicyclic amines) is 1. The van der Waals surface area contributed by atoms with Crippen LogP contribution in [0.15, 0.2) is 72.8 Å². The van der Waals surface area contributed by atoms with Gasteiger partial charge in [0.1, 0.15) is 11.9 Å². The fraction of sp³-hybridized carbons (Fsp3) is 0.250. The topological polar surface area (TPSA) is 84.9 Å². The SMILES string of the molecule is COC(=O)C1C(c2ccccc2)C(C(=O)NCc2ccc(F)cc2)N(C(=O)OC)C1c1ccc(Cl)c(Cl)c1. The monoisotopic (exact) mass is 558 g/mol. The molecule has 3 aromatic carbocycles. The Morgan fingerprint density at radius 2 is 1.58 bits per heavy atom. The van der Waals surface area contributed by atoms with E-state index in [9.17, 15) is 18.8 Å². The zero-order chi connectivity index (χ0) is 27.4. The molecule has 1 heterocycles. The van der Waals surface area contributed by atoms with E-state index in [1.165, 1.54) is 31.3 Å². The minimum atomic E-state index is -1.16. The van der Waals surface area contributed by atoms with Crippen molar-refractivity contribution in [2.24, 2.45) is 5.92 Å². The quantitative estimate of drug-likeness (QED) is 0.403. The van der Waals surface area contributed by atoms with Crippen LogP contribution < -0.4 is 5.32 Å². The van der Waals surface area contributed by atoms with Gasteiger partial charge in [-0.3, -0.25) is 14.5 Å². The van der Waals surface area contributed by atoms with Crippen LogP contribution in [0.1, 0.15) is 28.7 Å². The Bertz CT molecular complexity index is 1320. The fourth-order valence-corrected chi connectivity index (χ4v) is 5.28. The first-order valence-corrected chi connectivity index (χ1v) is 12.5. The molecule has 1 aliphatic heterocycles. The molecule has 0 aromatic heterocycles. The van der Waals surface area contributed by atoms with Gasteiger partial charge in [0, 0.05) is 12.5 Å². The number of hydrogen-bond acceptors (Lipinski definition) is 5. The average molecular weight is 559 g/mol. The lowest BCUT2D eigenvalue weighted by molar-refractivity contribution is -0.146. The number of halogens is 3. The fourth-order valence-electron chi connectivity index (χ4n) is 4.97. The maximum Gasteiger partial charge on any atom is 0.410 e. The van der Waals surface area contributed by atoms with Gasteiger partial charge in [-0.05, 0) is 41.0 Å². The summed E-state index contributed by atoms with van der Waals surface area (Å²) in [6.45, 7) is 0.0759. The number of ether oxygens (including phenoxy) is 2. The second-order valence-corrected chi connectivity index (χ2v) is 9.58. The molecule has 38 heavy (non-hydrogen) atoms. The Morgan fingerprint density at radius 3 is 2.18 bits per heavy atom. The van der Waals surface area contributed by atoms with Gasteiger partial charge in [-0.2, -0.15) is 0 Å². The first kappa shape index (κ1) is 27.4. The van der Waals surface area contributed by atoms with Crippen LogP contribution in [0, 0.1) is 11.7 Å². The molecule has 0 spiro atoms. The van der Waals surface area contributed by atoms with E-state index in [1.807, 2.05) is 6.07 Å². The van der Waals surface area contributed by atoms with Gasteiger partial charge in [0.05, 0.1) is 36.2 Å². The van der Waals surface area contributed by atoms with Gasteiger partial charge in [-0.25, -0.2) is 9.18 Å². The van der Waals surface area contributed by atoms with E-state index in [2.05, 4.69) is 5.32 Å². The van der Waals surface area contributed by atoms with Gasteiger partial charge >= 0.3 is 12.1 Å². The molecule has 1 aliphatic rings. The van der Waals surface area contributed by atoms with E-state index >= 15 is 0 Å². The number of benzene rings is 3. The summed E-state index contributed by atoms with van der Waals surface area (Å²) in [6, 6.07) is 17.3. The number of carbonyl (C=O) groups excluding carboxylic acids is 3. The molecule has 0 bridgehead atoms. The molecule has 4 rings (SSSR count). The third kappa shape index (κ3) is 5.47. The molecule has 4 unspecified atom stereocenters. The third-order valence-corrected chi connectivity index (χ3v) is 7.38. The predicted octanol–water partition coefficient (Wildman–Crippen LogP) is 5.51. The highest BCUT2D eigenvalue weighted by atomic mass is 35.5. The van der Waals surface area contributed by atoms with E-state index in [-0.39, 0.29) is 11.6 Å². The van der Waals surface area contributed by atoms with E-state index in [0.29, 0.717) is 21.7 Å². The molecule has 0 radical (unpaired) electrons. The standard InChI is InChI=1S/C28H25Cl2FN2O5/c1-37-27(35)23-22(17-6-4-3-5-7-17)25(26(34)32-15-16-8-11-19(31)12-9-16)33(28(36)38-2)24(23)18-10-13-20(29)21(30)14-18/h3-14,22-25H,15H2,1-2H3,(H,32,34). The van der Waals surface area contributed by atoms with E-state index in [4.69, 9.17) is 32.7 Å². The van der Waals surface area contributed by atoms with Crippen molar-refractivity contribution >= 4 is 41.2 Å². The Hall–Kier alpha value is -3.62. The van der Waals surface area contributed by atoms with Crippen LogP contribution in [0.2, 0.25) is 10.0 Å². The number of nitrogens with zero attached hydrogens (tertiary/aromatic N) is 1. The highest BCUT2D eigenvalue weighted by Gasteiger charge is 2.58. The van der Waals surface area contributed by atoms with Gasteiger partial charge in [0.15, 0.2) is 0 Å². The molecule has 1 fully saturated rings. The first-order chi connectivity index (χ1) is 18.3. The Balaban J connectivity index is 1.85. The number of hydrogen-bond donors (Lipinski definition) is 1. The Kier molecular flexibility index (Phi) is 8.54. The van der Waals surface area contributed by atoms with Crippen molar-refractivity contribution in [3.8, 4) is 0 Å². The highest BCUT2D eigenvalue weighted by Crippen LogP contribution is 2.51. The normalized spacial score (nSPS) is 20.6. The maximum atomic E-state index is 13.8. The molecule has 7 nitrogen and oxygen atoms in total. The van der Waals surface area contributed by atoms with Crippen molar-refractivity contribution in [2.75, 3.05) is 14.2 Å². The van der Waals surface area contributed by atoms with Gasteiger partial charge in [0.2, 0.25) is 5.91 Å². The molecule has 0 aliphatic carbocycles. The number of nitrogens with one attached hydrogen (secondary N) is 1. The summed E-state index contributed by atoms with van der Waals surface area (Å²) in [4.78, 5) is 41.7. The van der Waals surface area contributed by atoms with Crippen LogP contribution in [-0.4, -0.2) is 43.1 Å². The number of methoxy groups -OCH3 is 2. The zero-order valence-corrected chi connectivity index (χ0v) is 22.1. The zero-order valence-electron chi connectivity index (χ0n) is 20.6. The van der Waals surface area contributed by atoms with Gasteiger partial charge in [-0.15, -0.1) is 0 Å². The van der Waals surface area contributed by atoms with E-state index in [1.54, 1.807) is 54.6 Å². The van der Waals surface area contributed by atoms with Gasteiger partial charge < -0.3 is 14.8 Å². The summed E-state index contributed by atoms with van der Waals surface area (Å²) < 4.78 is 23.6. The summed E-state index contributed by atoms with van der Waals surface area (Å²) in [7, 11) is 2.45. The van der Waals surface area contributed by atoms with Crippen molar-refractivity contribution in [1.29, 1.82) is 0 Å². The predicted molar refractivity (Wildman–Crippen MR) is 140 cm³/mol. The Morgan fingerprint density at radius 1 is 0.895 bits per heavy atom. The Labute approximate surface area is 229 Å². The van der Waals surface area contributed by atoms with Crippen molar-refractivity contribution in [3.63, 3.8) is 0 Å². The van der Waals surface area contributed by atoms with Crippen LogP contribution >= 0.6 is 23.2 Å². The molecular weight excluding hydrogens is 534 g/mol. The maximum absolute atomic E-state index is 13.8. The smallest absolute Gasteiger partial charge is 0.410 e. The molecule has 0 saturated carbocycles. The molecule has 1 saturated heterocycles. The summed E-state index contributed by atoms with van der Waals surface area (Å²) in [5.41, 5.74) is 1.79. The molecule has 3 aromatic rings. The molecule has 1 N–H and O–H groups in total. The number of carbonyl (C=O) groups is 3. The van der Waals surface area contributed by atoms with Gasteiger partial charge in [-0.1, -0.05) is 71.7 Å². The van der Waals surface area contributed by atoms with Crippen molar-refractivity contribution in [1.82, 2.24) is 10.2 Å². The second-order valence-electron chi connectivity index (χ2n) is 8.77. The summed E-state index contributed by atoms with van der Waals surface area (Å²) >= 11 is 12.4. The number of amides is 2. The van der Waals surface area contributed by atoms with Crippen LogP contribution in [0.4, 0.5) is 9.18 Å². The van der Waals surface area contributed by atoms with E-state index < -0.39 is 47.7 Å². The molecule has 4 atom stereocenters. The minimum Gasteiger partial charge on any atom is -0.469 e. The van der Waals surface area contributed by atoms with Gasteiger partial charge in [0.25, 0.3) is 0 Å². The van der Waals surface area contributed by atoms with Crippen LogP contribution in [0.3, 0.4) is 0 Å². The van der Waals surface area contributed by atoms with Crippen LogP contribution in [0.25, 0.3) is 0 Å². The number of rotatable bonds is 6. The average Bonchev–Trinajstić information content (AvgIpc) is 3.30. The summed E-state index contributed by atoms with van der Waals surface area (Å²) in [5, 5.41) is 3.34. The molecule has 10 heteroatoms. The summed E-state index contributed by atoms with van der Waals surface area (Å²) in [5.74, 6) is -3.32. The van der Waals surface area contributed by atoms with Crippen molar-refractivity contribution in [2.45, 2.75) is 24.5 Å². The highest BCUT2D eigenvalue weighted by molar-refractivity contribution is 6.42. The van der Waals surface area contributed by atoms with Crippen LogP contribution in [0.5, 0.6) is 0 Å². The van der Waals surface area contributed by atoms with Crippen molar-refractivity contribution in [3.05, 3.63) is 105 Å². The van der Waals surface area contributed by atoms with Crippen molar-refractivity contribution < 1.29 is 28.2 Å². The lowest BCUT2D eigenvalue weighted by Crippen LogP contribution is -2.48. The lowest BCUT2D eigenvalue weighted by Gasteiger charge is -2.30. The van der Waals surface area contributed by atoms with Crippen LogP contribution in [-0.2, 0) is 25.6 Å². The molecular formula is C28H25Cl2FN2O5. The second kappa shape index (κ2) is 11.8. The lowest BCUT2D eigenvalue weighted by atomic mass is 9.80. The largest absolute Gasteiger partial charge is 0.469 e.